The topological polar surface area (TPSA) is 20.2 Å². The summed E-state index contributed by atoms with van der Waals surface area (Å²) in [6.07, 6.45) is 0. The Hall–Kier alpha value is -0.960. The van der Waals surface area contributed by atoms with Crippen LogP contribution in [0.15, 0.2) is 58.3 Å². The maximum absolute atomic E-state index is 9.23. The molecule has 2 aromatic rings. The largest absolute Gasteiger partial charge is 0.392 e. The van der Waals surface area contributed by atoms with Gasteiger partial charge in [-0.05, 0) is 29.8 Å². The molecule has 0 spiro atoms. The average molecular weight is 251 g/mol. The summed E-state index contributed by atoms with van der Waals surface area (Å²) < 4.78 is 0. The molecule has 0 amide bonds. The third-order valence-electron chi connectivity index (χ3n) is 2.17. The lowest BCUT2D eigenvalue weighted by molar-refractivity contribution is 0.279. The second kappa shape index (κ2) is 5.39. The average Bonchev–Trinajstić information content (AvgIpc) is 2.31. The Morgan fingerprint density at radius 3 is 2.50 bits per heavy atom. The number of benzene rings is 2. The molecule has 0 bridgehead atoms. The second-order valence-corrected chi connectivity index (χ2v) is 4.88. The van der Waals surface area contributed by atoms with Gasteiger partial charge in [-0.3, -0.25) is 0 Å². The molecule has 3 heteroatoms. The number of hydrogen-bond donors (Lipinski definition) is 1. The Labute approximate surface area is 104 Å². The number of rotatable bonds is 3. The summed E-state index contributed by atoms with van der Waals surface area (Å²) in [5.41, 5.74) is 0.901. The molecule has 2 rings (SSSR count). The molecule has 1 N–H and O–H groups in total. The molecule has 0 saturated carbocycles. The van der Waals surface area contributed by atoms with Crippen molar-refractivity contribution in [2.75, 3.05) is 0 Å². The van der Waals surface area contributed by atoms with Crippen LogP contribution in [0.4, 0.5) is 0 Å². The van der Waals surface area contributed by atoms with Crippen LogP contribution in [0.2, 0.25) is 5.02 Å². The molecule has 1 nitrogen and oxygen atoms in total. The van der Waals surface area contributed by atoms with Crippen molar-refractivity contribution in [1.29, 1.82) is 0 Å². The molecule has 0 unspecified atom stereocenters. The predicted octanol–water partition coefficient (Wildman–Crippen LogP) is 3.98. The van der Waals surface area contributed by atoms with Crippen LogP contribution in [0.25, 0.3) is 0 Å². The smallest absolute Gasteiger partial charge is 0.0692 e. The van der Waals surface area contributed by atoms with Gasteiger partial charge in [-0.15, -0.1) is 0 Å². The molecule has 16 heavy (non-hydrogen) atoms. The highest BCUT2D eigenvalue weighted by Crippen LogP contribution is 2.32. The maximum atomic E-state index is 9.23. The minimum Gasteiger partial charge on any atom is -0.392 e. The molecule has 0 aliphatic heterocycles. The van der Waals surface area contributed by atoms with E-state index in [1.54, 1.807) is 17.8 Å². The van der Waals surface area contributed by atoms with Crippen LogP contribution in [0.1, 0.15) is 5.56 Å². The zero-order valence-electron chi connectivity index (χ0n) is 8.56. The van der Waals surface area contributed by atoms with Gasteiger partial charge in [0, 0.05) is 14.8 Å². The van der Waals surface area contributed by atoms with Crippen molar-refractivity contribution in [1.82, 2.24) is 0 Å². The predicted molar refractivity (Wildman–Crippen MR) is 67.9 cm³/mol. The van der Waals surface area contributed by atoms with E-state index in [4.69, 9.17) is 11.6 Å². The summed E-state index contributed by atoms with van der Waals surface area (Å²) >= 11 is 7.55. The molecular weight excluding hydrogens is 240 g/mol. The van der Waals surface area contributed by atoms with Crippen LogP contribution in [0, 0.1) is 0 Å². The van der Waals surface area contributed by atoms with Gasteiger partial charge in [-0.1, -0.05) is 47.6 Å². The van der Waals surface area contributed by atoms with Crippen LogP contribution < -0.4 is 0 Å². The lowest BCUT2D eigenvalue weighted by Gasteiger charge is -2.07. The van der Waals surface area contributed by atoms with Gasteiger partial charge in [0.1, 0.15) is 0 Å². The Bertz CT molecular complexity index is 471. The molecule has 0 heterocycles. The first kappa shape index (κ1) is 11.5. The van der Waals surface area contributed by atoms with Crippen LogP contribution in [0.5, 0.6) is 0 Å². The summed E-state index contributed by atoms with van der Waals surface area (Å²) in [5, 5.41) is 9.92. The van der Waals surface area contributed by atoms with Gasteiger partial charge in [0.2, 0.25) is 0 Å². The Kier molecular flexibility index (Phi) is 3.88. The normalized spacial score (nSPS) is 10.4. The second-order valence-electron chi connectivity index (χ2n) is 3.33. The highest BCUT2D eigenvalue weighted by molar-refractivity contribution is 7.99. The van der Waals surface area contributed by atoms with Crippen molar-refractivity contribution in [3.63, 3.8) is 0 Å². The van der Waals surface area contributed by atoms with Gasteiger partial charge < -0.3 is 5.11 Å². The fourth-order valence-electron chi connectivity index (χ4n) is 1.37. The van der Waals surface area contributed by atoms with E-state index in [-0.39, 0.29) is 6.61 Å². The quantitative estimate of drug-likeness (QED) is 0.889. The molecule has 0 atom stereocenters. The Morgan fingerprint density at radius 2 is 1.81 bits per heavy atom. The number of aliphatic hydroxyl groups excluding tert-OH is 1. The zero-order valence-corrected chi connectivity index (χ0v) is 10.1. The van der Waals surface area contributed by atoms with Crippen LogP contribution in [-0.2, 0) is 6.61 Å². The fourth-order valence-corrected chi connectivity index (χ4v) is 2.60. The van der Waals surface area contributed by atoms with Crippen molar-refractivity contribution < 1.29 is 5.11 Å². The number of hydrogen-bond acceptors (Lipinski definition) is 2. The summed E-state index contributed by atoms with van der Waals surface area (Å²) in [6, 6.07) is 15.6. The molecule has 0 saturated heterocycles. The summed E-state index contributed by atoms with van der Waals surface area (Å²) in [5.74, 6) is 0. The van der Waals surface area contributed by atoms with E-state index in [1.807, 2.05) is 42.5 Å². The van der Waals surface area contributed by atoms with Crippen LogP contribution >= 0.6 is 23.4 Å². The first-order valence-corrected chi connectivity index (χ1v) is 6.11. The van der Waals surface area contributed by atoms with Gasteiger partial charge in [0.05, 0.1) is 6.61 Å². The zero-order chi connectivity index (χ0) is 11.4. The van der Waals surface area contributed by atoms with Crippen molar-refractivity contribution in [3.8, 4) is 0 Å². The highest BCUT2D eigenvalue weighted by Gasteiger charge is 2.04. The fraction of sp³-hybridized carbons (Fsp3) is 0.0769. The van der Waals surface area contributed by atoms with Crippen LogP contribution in [-0.4, -0.2) is 5.11 Å². The van der Waals surface area contributed by atoms with E-state index in [2.05, 4.69) is 0 Å². The minimum absolute atomic E-state index is 0.0341. The lowest BCUT2D eigenvalue weighted by atomic mass is 10.2. The first-order chi connectivity index (χ1) is 7.79. The van der Waals surface area contributed by atoms with Gasteiger partial charge in [-0.25, -0.2) is 0 Å². The van der Waals surface area contributed by atoms with E-state index >= 15 is 0 Å². The van der Waals surface area contributed by atoms with Crippen molar-refractivity contribution in [3.05, 3.63) is 59.1 Å². The van der Waals surface area contributed by atoms with Gasteiger partial charge in [0.25, 0.3) is 0 Å². The Balaban J connectivity index is 2.30. The standard InChI is InChI=1S/C13H11ClOS/c14-11-7-6-10(9-15)13(8-11)16-12-4-2-1-3-5-12/h1-8,15H,9H2. The molecule has 0 aliphatic rings. The maximum Gasteiger partial charge on any atom is 0.0692 e. The molecule has 0 aromatic heterocycles. The minimum atomic E-state index is 0.0341. The SMILES string of the molecule is OCc1ccc(Cl)cc1Sc1ccccc1. The lowest BCUT2D eigenvalue weighted by Crippen LogP contribution is -1.87. The molecule has 2 aromatic carbocycles. The number of aliphatic hydroxyl groups is 1. The summed E-state index contributed by atoms with van der Waals surface area (Å²) in [4.78, 5) is 2.14. The Morgan fingerprint density at radius 1 is 1.06 bits per heavy atom. The summed E-state index contributed by atoms with van der Waals surface area (Å²) in [6.45, 7) is 0.0341. The highest BCUT2D eigenvalue weighted by atomic mass is 35.5. The van der Waals surface area contributed by atoms with Gasteiger partial charge in [-0.2, -0.15) is 0 Å². The first-order valence-electron chi connectivity index (χ1n) is 4.92. The van der Waals surface area contributed by atoms with E-state index in [0.29, 0.717) is 5.02 Å². The van der Waals surface area contributed by atoms with E-state index in [0.717, 1.165) is 15.4 Å². The van der Waals surface area contributed by atoms with Gasteiger partial charge in [0.15, 0.2) is 0 Å². The third kappa shape index (κ3) is 2.79. The molecular formula is C13H11ClOS. The van der Waals surface area contributed by atoms with E-state index < -0.39 is 0 Å². The van der Waals surface area contributed by atoms with Gasteiger partial charge >= 0.3 is 0 Å². The third-order valence-corrected chi connectivity index (χ3v) is 3.51. The van der Waals surface area contributed by atoms with Crippen molar-refractivity contribution in [2.24, 2.45) is 0 Å². The molecule has 0 aliphatic carbocycles. The summed E-state index contributed by atoms with van der Waals surface area (Å²) in [7, 11) is 0. The van der Waals surface area contributed by atoms with E-state index in [9.17, 15) is 5.11 Å². The molecule has 0 fully saturated rings. The molecule has 82 valence electrons. The van der Waals surface area contributed by atoms with Crippen LogP contribution in [0.3, 0.4) is 0 Å². The number of halogens is 1. The monoisotopic (exact) mass is 250 g/mol. The van der Waals surface area contributed by atoms with Crippen molar-refractivity contribution >= 4 is 23.4 Å². The van der Waals surface area contributed by atoms with E-state index in [1.165, 1.54) is 0 Å². The van der Waals surface area contributed by atoms with Crippen molar-refractivity contribution in [2.45, 2.75) is 16.4 Å². The molecule has 0 radical (unpaired) electrons.